The van der Waals surface area contributed by atoms with Gasteiger partial charge in [0.15, 0.2) is 0 Å². The molecule has 0 radical (unpaired) electrons. The number of likely N-dealkylation sites (tertiary alicyclic amines) is 1. The number of carbonyl (C=O) groups is 1. The van der Waals surface area contributed by atoms with E-state index in [2.05, 4.69) is 25.7 Å². The molecule has 0 aromatic carbocycles. The molecule has 0 spiro atoms. The highest BCUT2D eigenvalue weighted by molar-refractivity contribution is 7.99. The minimum Gasteiger partial charge on any atom is -0.481 e. The fourth-order valence-corrected chi connectivity index (χ4v) is 5.03. The number of aliphatic carboxylic acids is 1. The van der Waals surface area contributed by atoms with Gasteiger partial charge in [-0.3, -0.25) is 9.69 Å². The summed E-state index contributed by atoms with van der Waals surface area (Å²) in [4.78, 5) is 14.1. The lowest BCUT2D eigenvalue weighted by Gasteiger charge is -2.40. The van der Waals surface area contributed by atoms with Crippen molar-refractivity contribution in [1.29, 1.82) is 0 Å². The first kappa shape index (κ1) is 15.2. The molecule has 1 N–H and O–H groups in total. The summed E-state index contributed by atoms with van der Waals surface area (Å²) in [5, 5.41) is 9.58. The second-order valence-corrected chi connectivity index (χ2v) is 8.12. The Balaban J connectivity index is 2.02. The Bertz CT molecular complexity index is 345. The Morgan fingerprint density at radius 2 is 2.21 bits per heavy atom. The third-order valence-electron chi connectivity index (χ3n) is 4.67. The summed E-state index contributed by atoms with van der Waals surface area (Å²) in [6.07, 6.45) is 3.83. The second kappa shape index (κ2) is 5.65. The van der Waals surface area contributed by atoms with Gasteiger partial charge in [0.2, 0.25) is 0 Å². The van der Waals surface area contributed by atoms with E-state index in [1.165, 1.54) is 17.9 Å². The smallest absolute Gasteiger partial charge is 0.310 e. The van der Waals surface area contributed by atoms with E-state index in [0.717, 1.165) is 32.4 Å². The average molecular weight is 285 g/mol. The highest BCUT2D eigenvalue weighted by Gasteiger charge is 2.46. The van der Waals surface area contributed by atoms with Crippen molar-refractivity contribution >= 4 is 17.7 Å². The van der Waals surface area contributed by atoms with Gasteiger partial charge in [0.1, 0.15) is 0 Å². The molecule has 0 amide bonds. The van der Waals surface area contributed by atoms with Gasteiger partial charge in [-0.1, -0.05) is 27.2 Å². The number of rotatable bonds is 4. The van der Waals surface area contributed by atoms with E-state index in [1.807, 2.05) is 11.8 Å². The van der Waals surface area contributed by atoms with Gasteiger partial charge >= 0.3 is 5.97 Å². The van der Waals surface area contributed by atoms with Crippen LogP contribution in [0.5, 0.6) is 0 Å². The molecule has 2 aliphatic heterocycles. The molecule has 2 atom stereocenters. The third kappa shape index (κ3) is 3.27. The fourth-order valence-electron chi connectivity index (χ4n) is 3.64. The second-order valence-electron chi connectivity index (χ2n) is 7.09. The highest BCUT2D eigenvalue weighted by atomic mass is 32.2. The lowest BCUT2D eigenvalue weighted by molar-refractivity contribution is -0.148. The Morgan fingerprint density at radius 1 is 1.47 bits per heavy atom. The summed E-state index contributed by atoms with van der Waals surface area (Å²) >= 11 is 2.03. The summed E-state index contributed by atoms with van der Waals surface area (Å²) < 4.78 is 0. The lowest BCUT2D eigenvalue weighted by Crippen LogP contribution is -2.44. The van der Waals surface area contributed by atoms with E-state index < -0.39 is 11.4 Å². The van der Waals surface area contributed by atoms with Crippen molar-refractivity contribution in [3.05, 3.63) is 0 Å². The summed E-state index contributed by atoms with van der Waals surface area (Å²) in [5.74, 6) is 1.82. The van der Waals surface area contributed by atoms with Crippen LogP contribution >= 0.6 is 11.8 Å². The number of hydrogen-bond acceptors (Lipinski definition) is 3. The van der Waals surface area contributed by atoms with Crippen LogP contribution in [0, 0.1) is 10.8 Å². The first-order valence-electron chi connectivity index (χ1n) is 7.44. The van der Waals surface area contributed by atoms with Crippen molar-refractivity contribution in [3.8, 4) is 0 Å². The molecule has 0 bridgehead atoms. The molecule has 2 unspecified atom stereocenters. The zero-order chi connectivity index (χ0) is 14.1. The average Bonchev–Trinajstić information content (AvgIpc) is 2.74. The molecule has 2 saturated heterocycles. The van der Waals surface area contributed by atoms with E-state index in [4.69, 9.17) is 0 Å². The van der Waals surface area contributed by atoms with Gasteiger partial charge in [0.05, 0.1) is 5.41 Å². The number of hydrogen-bond donors (Lipinski definition) is 1. The Morgan fingerprint density at radius 3 is 2.79 bits per heavy atom. The quantitative estimate of drug-likeness (QED) is 0.861. The van der Waals surface area contributed by atoms with E-state index in [9.17, 15) is 9.90 Å². The molecule has 4 heteroatoms. The van der Waals surface area contributed by atoms with E-state index >= 15 is 0 Å². The maximum atomic E-state index is 11.6. The monoisotopic (exact) mass is 285 g/mol. The SMILES string of the molecule is CCCC1(C(=O)O)CCN(C2CSCC(C)(C)C2)C1. The minimum absolute atomic E-state index is 0.396. The van der Waals surface area contributed by atoms with Crippen LogP contribution in [0.3, 0.4) is 0 Å². The van der Waals surface area contributed by atoms with Crippen LogP contribution in [0.1, 0.15) is 46.5 Å². The zero-order valence-corrected chi connectivity index (χ0v) is 13.3. The molecule has 3 nitrogen and oxygen atoms in total. The van der Waals surface area contributed by atoms with Crippen LogP contribution in [0.15, 0.2) is 0 Å². The summed E-state index contributed by atoms with van der Waals surface area (Å²) in [5.41, 5.74) is -0.0756. The van der Waals surface area contributed by atoms with Gasteiger partial charge in [-0.15, -0.1) is 0 Å². The molecule has 0 aromatic heterocycles. The van der Waals surface area contributed by atoms with Crippen LogP contribution in [0.25, 0.3) is 0 Å². The molecule has 2 aliphatic rings. The molecule has 2 fully saturated rings. The molecular weight excluding hydrogens is 258 g/mol. The van der Waals surface area contributed by atoms with Gasteiger partial charge in [-0.05, 0) is 37.0 Å². The van der Waals surface area contributed by atoms with E-state index in [-0.39, 0.29) is 0 Å². The lowest BCUT2D eigenvalue weighted by atomic mass is 9.82. The number of thioether (sulfide) groups is 1. The summed E-state index contributed by atoms with van der Waals surface area (Å²) in [6.45, 7) is 8.48. The van der Waals surface area contributed by atoms with Crippen LogP contribution in [0.2, 0.25) is 0 Å². The predicted molar refractivity (Wildman–Crippen MR) is 80.7 cm³/mol. The Hall–Kier alpha value is -0.220. The number of carboxylic acids is 1. The normalized spacial score (nSPS) is 35.4. The molecule has 2 heterocycles. The topological polar surface area (TPSA) is 40.5 Å². The largest absolute Gasteiger partial charge is 0.481 e. The molecule has 0 aromatic rings. The van der Waals surface area contributed by atoms with Gasteiger partial charge in [0.25, 0.3) is 0 Å². The van der Waals surface area contributed by atoms with Crippen molar-refractivity contribution < 1.29 is 9.90 Å². The number of nitrogens with zero attached hydrogens (tertiary/aromatic N) is 1. The summed E-state index contributed by atoms with van der Waals surface area (Å²) in [7, 11) is 0. The van der Waals surface area contributed by atoms with Crippen molar-refractivity contribution in [2.75, 3.05) is 24.6 Å². The van der Waals surface area contributed by atoms with Crippen molar-refractivity contribution in [2.45, 2.75) is 52.5 Å². The molecule has 2 rings (SSSR count). The molecule has 19 heavy (non-hydrogen) atoms. The first-order chi connectivity index (χ1) is 8.88. The molecule has 0 saturated carbocycles. The molecular formula is C15H27NO2S. The predicted octanol–water partition coefficient (Wildman–Crippen LogP) is 3.09. The van der Waals surface area contributed by atoms with Gasteiger partial charge in [-0.2, -0.15) is 11.8 Å². The van der Waals surface area contributed by atoms with Crippen LogP contribution in [-0.4, -0.2) is 46.6 Å². The highest BCUT2D eigenvalue weighted by Crippen LogP contribution is 2.41. The fraction of sp³-hybridized carbons (Fsp3) is 0.933. The summed E-state index contributed by atoms with van der Waals surface area (Å²) in [6, 6.07) is 0.576. The van der Waals surface area contributed by atoms with E-state index in [0.29, 0.717) is 11.5 Å². The van der Waals surface area contributed by atoms with E-state index in [1.54, 1.807) is 0 Å². The zero-order valence-electron chi connectivity index (χ0n) is 12.4. The van der Waals surface area contributed by atoms with Crippen LogP contribution in [-0.2, 0) is 4.79 Å². The standard InChI is InChI=1S/C15H27NO2S/c1-4-5-15(13(17)18)6-7-16(10-15)12-8-14(2,3)11-19-9-12/h12H,4-11H2,1-3H3,(H,17,18). The maximum Gasteiger partial charge on any atom is 0.310 e. The number of carboxylic acid groups (broad SMARTS) is 1. The van der Waals surface area contributed by atoms with Crippen molar-refractivity contribution in [1.82, 2.24) is 4.90 Å². The molecule has 0 aliphatic carbocycles. The first-order valence-corrected chi connectivity index (χ1v) is 8.59. The van der Waals surface area contributed by atoms with Crippen molar-refractivity contribution in [3.63, 3.8) is 0 Å². The van der Waals surface area contributed by atoms with Gasteiger partial charge < -0.3 is 5.11 Å². The third-order valence-corrected chi connectivity index (χ3v) is 6.28. The van der Waals surface area contributed by atoms with Gasteiger partial charge in [-0.25, -0.2) is 0 Å². The van der Waals surface area contributed by atoms with Crippen LogP contribution < -0.4 is 0 Å². The van der Waals surface area contributed by atoms with Gasteiger partial charge in [0, 0.05) is 18.3 Å². The van der Waals surface area contributed by atoms with Crippen molar-refractivity contribution in [2.24, 2.45) is 10.8 Å². The Kier molecular flexibility index (Phi) is 4.51. The Labute approximate surface area is 121 Å². The molecule has 110 valence electrons. The maximum absolute atomic E-state index is 11.6. The minimum atomic E-state index is -0.584. The van der Waals surface area contributed by atoms with Crippen LogP contribution in [0.4, 0.5) is 0 Å².